The Bertz CT molecular complexity index is 2680. The zero-order valence-electron chi connectivity index (χ0n) is 40.5. The van der Waals surface area contributed by atoms with Gasteiger partial charge in [-0.3, -0.25) is 4.79 Å². The number of pyridine rings is 1. The number of amides is 1. The van der Waals surface area contributed by atoms with E-state index in [0.717, 1.165) is 124 Å². The van der Waals surface area contributed by atoms with E-state index in [0.29, 0.717) is 36.1 Å². The molecule has 16 heteroatoms. The lowest BCUT2D eigenvalue weighted by Crippen LogP contribution is -2.63. The summed E-state index contributed by atoms with van der Waals surface area (Å²) in [6.45, 7) is 20.8. The van der Waals surface area contributed by atoms with Crippen LogP contribution in [0.15, 0.2) is 91.5 Å². The summed E-state index contributed by atoms with van der Waals surface area (Å²) in [5, 5.41) is 28.9. The molecule has 2 saturated heterocycles. The predicted octanol–water partition coefficient (Wildman–Crippen LogP) is 8.53. The fourth-order valence-electron chi connectivity index (χ4n) is 10.4. The molecule has 362 valence electrons. The van der Waals surface area contributed by atoms with Gasteiger partial charge in [0.15, 0.2) is 5.65 Å². The highest BCUT2D eigenvalue weighted by atomic mass is 35.5. The second kappa shape index (κ2) is 22.0. The topological polar surface area (TPSA) is 173 Å². The highest BCUT2D eigenvalue weighted by Crippen LogP contribution is 2.53. The van der Waals surface area contributed by atoms with Crippen LogP contribution in [0.2, 0.25) is 5.02 Å². The van der Waals surface area contributed by atoms with Gasteiger partial charge in [-0.05, 0) is 72.6 Å². The first-order valence-corrected chi connectivity index (χ1v) is 24.6. The molecular weight excluding hydrogens is 888 g/mol. The number of hydrogen-bond acceptors (Lipinski definition) is 13. The molecule has 6 heterocycles. The van der Waals surface area contributed by atoms with Gasteiger partial charge in [-0.2, -0.15) is 14.9 Å². The average molecular weight is 954 g/mol. The third-order valence-electron chi connectivity index (χ3n) is 13.7. The van der Waals surface area contributed by atoms with Crippen molar-refractivity contribution in [2.45, 2.75) is 79.3 Å². The summed E-state index contributed by atoms with van der Waals surface area (Å²) in [4.78, 5) is 39.2. The van der Waals surface area contributed by atoms with E-state index in [9.17, 15) is 4.79 Å². The number of carbonyl (C=O) groups excluding carboxylic acids is 1. The molecular formula is C53H65ClN12O3. The summed E-state index contributed by atoms with van der Waals surface area (Å²) >= 11 is 5.55. The summed E-state index contributed by atoms with van der Waals surface area (Å²) in [6, 6.07) is 22.6. The lowest BCUT2D eigenvalue weighted by molar-refractivity contribution is -0.0366. The van der Waals surface area contributed by atoms with E-state index in [4.69, 9.17) is 31.7 Å². The van der Waals surface area contributed by atoms with Crippen LogP contribution in [-0.2, 0) is 13.0 Å². The molecule has 69 heavy (non-hydrogen) atoms. The summed E-state index contributed by atoms with van der Waals surface area (Å²) < 4.78 is 7.93. The minimum atomic E-state index is -0.0824. The highest BCUT2D eigenvalue weighted by molar-refractivity contribution is 6.31. The molecule has 2 aliphatic heterocycles. The number of piperidine rings is 1. The van der Waals surface area contributed by atoms with Crippen LogP contribution in [0.3, 0.4) is 0 Å². The third kappa shape index (κ3) is 12.3. The van der Waals surface area contributed by atoms with Gasteiger partial charge in [-0.15, -0.1) is 0 Å². The van der Waals surface area contributed by atoms with Gasteiger partial charge in [0.05, 0.1) is 34.6 Å². The zero-order chi connectivity index (χ0) is 48.5. The predicted molar refractivity (Wildman–Crippen MR) is 271 cm³/mol. The second-order valence-corrected chi connectivity index (χ2v) is 20.3. The van der Waals surface area contributed by atoms with Gasteiger partial charge < -0.3 is 35.2 Å². The maximum Gasteiger partial charge on any atom is 0.254 e. The van der Waals surface area contributed by atoms with Gasteiger partial charge in [-0.25, -0.2) is 19.9 Å². The van der Waals surface area contributed by atoms with E-state index < -0.39 is 0 Å². The number of phenols is 1. The lowest BCUT2D eigenvalue weighted by atomic mass is 9.52. The number of ether oxygens (including phenoxy) is 1. The van der Waals surface area contributed by atoms with E-state index in [1.165, 1.54) is 18.2 Å². The number of piperazine rings is 1. The Labute approximate surface area is 410 Å². The Balaban J connectivity index is 0.000000572. The van der Waals surface area contributed by atoms with Gasteiger partial charge in [0.2, 0.25) is 11.8 Å². The number of nitrogens with one attached hydrogen (secondary N) is 2. The van der Waals surface area contributed by atoms with Crippen LogP contribution in [0.5, 0.6) is 11.6 Å². The Morgan fingerprint density at radius 3 is 2.28 bits per heavy atom. The number of carbonyl (C=O) groups is 1. The molecule has 3 aliphatic rings. The molecule has 6 aromatic rings. The van der Waals surface area contributed by atoms with E-state index in [2.05, 4.69) is 104 Å². The van der Waals surface area contributed by atoms with E-state index in [1.54, 1.807) is 12.4 Å². The summed E-state index contributed by atoms with van der Waals surface area (Å²) in [6.07, 6.45) is 12.4. The Kier molecular flexibility index (Phi) is 15.6. The van der Waals surface area contributed by atoms with E-state index in [1.807, 2.05) is 47.2 Å². The molecule has 0 bridgehead atoms. The molecule has 3 fully saturated rings. The molecule has 1 saturated carbocycles. The SMILES string of the molecule is CCc1cnn2c(NCc3ccc(OCCCN4CCN(CC5CCN(c6ncc(C(=O)NC7C(C)(C)CC7(C)C)cn6)CC5)CC4)nc3)cc(-c3ccccc3)nc12.N#Cc1ccc(O)cc1Cl. The molecule has 1 amide bonds. The number of benzene rings is 2. The molecule has 0 unspecified atom stereocenters. The van der Waals surface area contributed by atoms with E-state index >= 15 is 0 Å². The molecule has 2 aromatic carbocycles. The number of aromatic nitrogens is 6. The van der Waals surface area contributed by atoms with Gasteiger partial charge in [0.1, 0.15) is 17.6 Å². The lowest BCUT2D eigenvalue weighted by Gasteiger charge is -2.57. The molecule has 0 spiro atoms. The number of nitrogens with zero attached hydrogens (tertiary/aromatic N) is 10. The fraction of sp³-hybridized carbons (Fsp3) is 0.453. The van der Waals surface area contributed by atoms with Crippen LogP contribution in [0.1, 0.15) is 87.4 Å². The quantitative estimate of drug-likeness (QED) is 0.0837. The van der Waals surface area contributed by atoms with Crippen molar-refractivity contribution < 1.29 is 14.6 Å². The van der Waals surface area contributed by atoms with Crippen molar-refractivity contribution in [1.29, 1.82) is 5.26 Å². The second-order valence-electron chi connectivity index (χ2n) is 19.9. The summed E-state index contributed by atoms with van der Waals surface area (Å²) in [7, 11) is 0. The maximum atomic E-state index is 13.0. The van der Waals surface area contributed by atoms with Crippen molar-refractivity contribution in [3.05, 3.63) is 119 Å². The first kappa shape index (κ1) is 49.1. The van der Waals surface area contributed by atoms with Crippen molar-refractivity contribution in [2.75, 3.05) is 69.2 Å². The number of fused-ring (bicyclic) bond motifs is 1. The van der Waals surface area contributed by atoms with Gasteiger partial charge >= 0.3 is 0 Å². The molecule has 4 aromatic heterocycles. The number of phenolic OH excluding ortho intramolecular Hbond substituents is 1. The number of hydrogen-bond donors (Lipinski definition) is 3. The Hall–Kier alpha value is -6.34. The monoisotopic (exact) mass is 952 g/mol. The molecule has 9 rings (SSSR count). The van der Waals surface area contributed by atoms with Crippen LogP contribution < -0.4 is 20.3 Å². The number of rotatable bonds is 15. The molecule has 1 aliphatic carbocycles. The van der Waals surface area contributed by atoms with Crippen molar-refractivity contribution in [3.8, 4) is 29.0 Å². The number of aryl methyl sites for hydroxylation is 1. The number of halogens is 1. The van der Waals surface area contributed by atoms with Crippen molar-refractivity contribution in [1.82, 2.24) is 44.7 Å². The van der Waals surface area contributed by atoms with Crippen LogP contribution in [0.4, 0.5) is 11.8 Å². The minimum absolute atomic E-state index is 0.0731. The van der Waals surface area contributed by atoms with Crippen LogP contribution in [0, 0.1) is 28.1 Å². The molecule has 3 N–H and O–H groups in total. The van der Waals surface area contributed by atoms with Crippen molar-refractivity contribution >= 4 is 34.9 Å². The maximum absolute atomic E-state index is 13.0. The third-order valence-corrected chi connectivity index (χ3v) is 14.0. The largest absolute Gasteiger partial charge is 0.508 e. The fourth-order valence-corrected chi connectivity index (χ4v) is 10.6. The molecule has 0 atom stereocenters. The Morgan fingerprint density at radius 2 is 1.62 bits per heavy atom. The first-order valence-electron chi connectivity index (χ1n) is 24.2. The number of aromatic hydroxyl groups is 1. The number of nitriles is 1. The van der Waals surface area contributed by atoms with E-state index in [-0.39, 0.29) is 33.6 Å². The summed E-state index contributed by atoms with van der Waals surface area (Å²) in [5.41, 5.74) is 6.17. The molecule has 0 radical (unpaired) electrons. The van der Waals surface area contributed by atoms with Crippen LogP contribution in [-0.4, -0.2) is 115 Å². The van der Waals surface area contributed by atoms with Crippen molar-refractivity contribution in [3.63, 3.8) is 0 Å². The number of anilines is 2. The smallest absolute Gasteiger partial charge is 0.254 e. The van der Waals surface area contributed by atoms with Crippen LogP contribution >= 0.6 is 11.6 Å². The average Bonchev–Trinajstić information content (AvgIpc) is 3.78. The van der Waals surface area contributed by atoms with Gasteiger partial charge in [0, 0.05) is 107 Å². The standard InChI is InChI=1S/C46H61N11O2.C7H4ClNO/c1-6-35-30-51-57-39(25-38(52-41(35)57)36-11-8-7-9-12-36)47-26-34-13-14-40(48-27-34)59-24-10-17-54-20-22-55(23-21-54)31-33-15-18-56(19-16-33)44-49-28-37(29-50-44)42(58)53-43-45(2,3)32-46(43,4)5;8-7-3-6(10)2-1-5(7)4-9/h7-9,11-14,25,27-30,33,43,47H,6,10,15-24,26,31-32H2,1-5H3,(H,53,58);1-3,10H. The minimum Gasteiger partial charge on any atom is -0.508 e. The normalized spacial score (nSPS) is 17.3. The summed E-state index contributed by atoms with van der Waals surface area (Å²) in [5.74, 6) is 2.95. The first-order chi connectivity index (χ1) is 33.3. The Morgan fingerprint density at radius 1 is 0.899 bits per heavy atom. The van der Waals surface area contributed by atoms with Crippen molar-refractivity contribution in [2.24, 2.45) is 16.7 Å². The molecule has 15 nitrogen and oxygen atoms in total. The van der Waals surface area contributed by atoms with Crippen LogP contribution in [0.25, 0.3) is 16.9 Å². The van der Waals surface area contributed by atoms with Gasteiger partial charge in [-0.1, -0.05) is 82.6 Å². The highest BCUT2D eigenvalue weighted by Gasteiger charge is 2.53. The zero-order valence-corrected chi connectivity index (χ0v) is 41.3. The van der Waals surface area contributed by atoms with Gasteiger partial charge in [0.25, 0.3) is 5.91 Å².